The van der Waals surface area contributed by atoms with Gasteiger partial charge in [-0.2, -0.15) is 0 Å². The molecule has 2 nitrogen and oxygen atoms in total. The van der Waals surface area contributed by atoms with Crippen LogP contribution in [0.15, 0.2) is 18.2 Å². The average Bonchev–Trinajstić information content (AvgIpc) is 2.32. The molecule has 17 heavy (non-hydrogen) atoms. The molecule has 1 aromatic carbocycles. The molecule has 1 aromatic rings. The molecule has 0 amide bonds. The third kappa shape index (κ3) is 2.44. The van der Waals surface area contributed by atoms with Crippen LogP contribution < -0.4 is 4.74 Å². The summed E-state index contributed by atoms with van der Waals surface area (Å²) >= 11 is 0. The van der Waals surface area contributed by atoms with E-state index in [2.05, 4.69) is 13.8 Å². The fourth-order valence-corrected chi connectivity index (χ4v) is 2.55. The van der Waals surface area contributed by atoms with Gasteiger partial charge < -0.3 is 9.84 Å². The third-order valence-corrected chi connectivity index (χ3v) is 3.64. The van der Waals surface area contributed by atoms with Gasteiger partial charge in [0.25, 0.3) is 0 Å². The molecule has 0 saturated carbocycles. The van der Waals surface area contributed by atoms with Crippen molar-refractivity contribution in [2.24, 2.45) is 5.92 Å². The van der Waals surface area contributed by atoms with E-state index in [1.807, 2.05) is 0 Å². The van der Waals surface area contributed by atoms with Crippen LogP contribution in [0.4, 0.5) is 4.39 Å². The Morgan fingerprint density at radius 3 is 2.76 bits per heavy atom. The molecule has 0 spiro atoms. The number of aliphatic hydroxyl groups excluding tert-OH is 1. The predicted octanol–water partition coefficient (Wildman–Crippen LogP) is 3.45. The highest BCUT2D eigenvalue weighted by Gasteiger charge is 2.31. The summed E-state index contributed by atoms with van der Waals surface area (Å²) in [5.41, 5.74) is 0.576. The number of fused-ring (bicyclic) bond motifs is 1. The largest absolute Gasteiger partial charge is 0.490 e. The SMILES string of the molecule is CCC(CC)C1CC(O)c2cc(F)ccc2O1. The van der Waals surface area contributed by atoms with E-state index < -0.39 is 6.10 Å². The summed E-state index contributed by atoms with van der Waals surface area (Å²) in [5.74, 6) is 0.747. The lowest BCUT2D eigenvalue weighted by atomic mass is 9.88. The van der Waals surface area contributed by atoms with E-state index in [1.54, 1.807) is 6.07 Å². The zero-order valence-electron chi connectivity index (χ0n) is 10.3. The lowest BCUT2D eigenvalue weighted by Crippen LogP contribution is -2.32. The summed E-state index contributed by atoms with van der Waals surface area (Å²) in [5, 5.41) is 10.0. The Labute approximate surface area is 101 Å². The molecular formula is C14H19FO2. The van der Waals surface area contributed by atoms with Crippen LogP contribution in [0.25, 0.3) is 0 Å². The molecule has 2 unspecified atom stereocenters. The second-order valence-corrected chi connectivity index (χ2v) is 4.67. The van der Waals surface area contributed by atoms with E-state index in [9.17, 15) is 9.50 Å². The smallest absolute Gasteiger partial charge is 0.125 e. The zero-order chi connectivity index (χ0) is 12.4. The highest BCUT2D eigenvalue weighted by atomic mass is 19.1. The summed E-state index contributed by atoms with van der Waals surface area (Å²) in [6, 6.07) is 4.35. The van der Waals surface area contributed by atoms with E-state index in [1.165, 1.54) is 12.1 Å². The van der Waals surface area contributed by atoms with E-state index in [-0.39, 0.29) is 11.9 Å². The normalized spacial score (nSPS) is 23.4. The van der Waals surface area contributed by atoms with E-state index in [4.69, 9.17) is 4.74 Å². The average molecular weight is 238 g/mol. The standard InChI is InChI=1S/C14H19FO2/c1-3-9(4-2)14-8-12(16)11-7-10(15)5-6-13(11)17-14/h5-7,9,12,14,16H,3-4,8H2,1-2H3. The van der Waals surface area contributed by atoms with Gasteiger partial charge in [0.2, 0.25) is 0 Å². The van der Waals surface area contributed by atoms with Crippen molar-refractivity contribution in [1.82, 2.24) is 0 Å². The quantitative estimate of drug-likeness (QED) is 0.874. The molecule has 0 aliphatic carbocycles. The van der Waals surface area contributed by atoms with Gasteiger partial charge in [0.15, 0.2) is 0 Å². The number of rotatable bonds is 3. The van der Waals surface area contributed by atoms with Gasteiger partial charge >= 0.3 is 0 Å². The van der Waals surface area contributed by atoms with Gasteiger partial charge in [0, 0.05) is 12.0 Å². The van der Waals surface area contributed by atoms with Gasteiger partial charge in [-0.05, 0) is 37.0 Å². The number of benzene rings is 1. The number of aliphatic hydroxyl groups is 1. The Hall–Kier alpha value is -1.09. The summed E-state index contributed by atoms with van der Waals surface area (Å²) in [7, 11) is 0. The molecular weight excluding hydrogens is 219 g/mol. The molecule has 1 aliphatic rings. The lowest BCUT2D eigenvalue weighted by Gasteiger charge is -2.34. The Kier molecular flexibility index (Phi) is 3.67. The van der Waals surface area contributed by atoms with E-state index in [0.29, 0.717) is 23.7 Å². The first-order valence-corrected chi connectivity index (χ1v) is 6.29. The summed E-state index contributed by atoms with van der Waals surface area (Å²) in [6.45, 7) is 4.26. The minimum Gasteiger partial charge on any atom is -0.490 e. The maximum absolute atomic E-state index is 13.1. The first-order valence-electron chi connectivity index (χ1n) is 6.29. The van der Waals surface area contributed by atoms with Crippen molar-refractivity contribution in [3.05, 3.63) is 29.6 Å². The van der Waals surface area contributed by atoms with Crippen LogP contribution in [0.3, 0.4) is 0 Å². The van der Waals surface area contributed by atoms with Gasteiger partial charge in [0.1, 0.15) is 17.7 Å². The minimum atomic E-state index is -0.611. The van der Waals surface area contributed by atoms with Crippen molar-refractivity contribution >= 4 is 0 Å². The minimum absolute atomic E-state index is 0.0398. The monoisotopic (exact) mass is 238 g/mol. The topological polar surface area (TPSA) is 29.5 Å². The van der Waals surface area contributed by atoms with Crippen LogP contribution in [0, 0.1) is 11.7 Å². The number of hydrogen-bond donors (Lipinski definition) is 1. The summed E-state index contributed by atoms with van der Waals surface area (Å²) < 4.78 is 19.0. The van der Waals surface area contributed by atoms with Crippen molar-refractivity contribution in [2.75, 3.05) is 0 Å². The van der Waals surface area contributed by atoms with Gasteiger partial charge in [-0.15, -0.1) is 0 Å². The van der Waals surface area contributed by atoms with Crippen molar-refractivity contribution < 1.29 is 14.2 Å². The van der Waals surface area contributed by atoms with Crippen LogP contribution in [0.2, 0.25) is 0 Å². The fourth-order valence-electron chi connectivity index (χ4n) is 2.55. The van der Waals surface area contributed by atoms with Gasteiger partial charge in [-0.1, -0.05) is 13.8 Å². The summed E-state index contributed by atoms with van der Waals surface area (Å²) in [4.78, 5) is 0. The molecule has 1 N–H and O–H groups in total. The molecule has 0 saturated heterocycles. The fraction of sp³-hybridized carbons (Fsp3) is 0.571. The van der Waals surface area contributed by atoms with E-state index >= 15 is 0 Å². The molecule has 0 aromatic heterocycles. The molecule has 0 bridgehead atoms. The predicted molar refractivity (Wildman–Crippen MR) is 64.5 cm³/mol. The number of ether oxygens (including phenoxy) is 1. The lowest BCUT2D eigenvalue weighted by molar-refractivity contribution is 0.0314. The Morgan fingerprint density at radius 1 is 1.41 bits per heavy atom. The molecule has 94 valence electrons. The second kappa shape index (κ2) is 5.05. The molecule has 2 atom stereocenters. The molecule has 0 fully saturated rings. The van der Waals surface area contributed by atoms with Gasteiger partial charge in [0.05, 0.1) is 6.10 Å². The Bertz CT molecular complexity index is 388. The third-order valence-electron chi connectivity index (χ3n) is 3.64. The van der Waals surface area contributed by atoms with E-state index in [0.717, 1.165) is 12.8 Å². The first-order chi connectivity index (χ1) is 8.15. The first kappa shape index (κ1) is 12.4. The number of hydrogen-bond acceptors (Lipinski definition) is 2. The van der Waals surface area contributed by atoms with Crippen LogP contribution in [0.1, 0.15) is 44.8 Å². The van der Waals surface area contributed by atoms with Crippen LogP contribution in [-0.4, -0.2) is 11.2 Å². The highest BCUT2D eigenvalue weighted by molar-refractivity contribution is 5.37. The van der Waals surface area contributed by atoms with Crippen molar-refractivity contribution in [1.29, 1.82) is 0 Å². The van der Waals surface area contributed by atoms with Crippen molar-refractivity contribution in [3.63, 3.8) is 0 Å². The van der Waals surface area contributed by atoms with Gasteiger partial charge in [-0.25, -0.2) is 4.39 Å². The van der Waals surface area contributed by atoms with Crippen LogP contribution >= 0.6 is 0 Å². The zero-order valence-corrected chi connectivity index (χ0v) is 10.3. The highest BCUT2D eigenvalue weighted by Crippen LogP contribution is 2.38. The Balaban J connectivity index is 2.24. The molecule has 1 heterocycles. The van der Waals surface area contributed by atoms with Gasteiger partial charge in [-0.3, -0.25) is 0 Å². The van der Waals surface area contributed by atoms with Crippen LogP contribution in [0.5, 0.6) is 5.75 Å². The molecule has 3 heteroatoms. The van der Waals surface area contributed by atoms with Crippen molar-refractivity contribution in [2.45, 2.75) is 45.3 Å². The molecule has 0 radical (unpaired) electrons. The maximum atomic E-state index is 13.1. The molecule has 2 rings (SSSR count). The maximum Gasteiger partial charge on any atom is 0.125 e. The summed E-state index contributed by atoms with van der Waals surface area (Å²) in [6.07, 6.45) is 2.05. The number of halogens is 1. The molecule has 1 aliphatic heterocycles. The second-order valence-electron chi connectivity index (χ2n) is 4.67. The van der Waals surface area contributed by atoms with Crippen LogP contribution in [-0.2, 0) is 0 Å². The Morgan fingerprint density at radius 2 is 2.12 bits per heavy atom. The van der Waals surface area contributed by atoms with Crippen molar-refractivity contribution in [3.8, 4) is 5.75 Å².